The predicted molar refractivity (Wildman–Crippen MR) is 121 cm³/mol. The summed E-state index contributed by atoms with van der Waals surface area (Å²) < 4.78 is 5.53. The Morgan fingerprint density at radius 1 is 1.24 bits per heavy atom. The molecule has 164 valence electrons. The summed E-state index contributed by atoms with van der Waals surface area (Å²) >= 11 is 0. The Hall–Kier alpha value is -0.850. The van der Waals surface area contributed by atoms with E-state index in [9.17, 15) is 4.79 Å². The molecule has 0 spiro atoms. The highest BCUT2D eigenvalue weighted by Crippen LogP contribution is 2.33. The molecule has 3 aliphatic rings. The maximum Gasteiger partial charge on any atom is 0.237 e. The minimum Gasteiger partial charge on any atom is -0.379 e. The standard InChI is InChI=1S/C22H33N3O2.2ClH/c1-16-5-4-7-18(13-16)21(25-9-11-27-12-10-25)15-23-22(26)20-14-17-6-2-3-8-19(17)24-20;;/h4-5,7,13,17,19-21,24H,2-3,6,8-12,14-15H2,1H3,(H,23,26);2*1H. The second-order valence-electron chi connectivity index (χ2n) is 8.43. The van der Waals surface area contributed by atoms with E-state index >= 15 is 0 Å². The van der Waals surface area contributed by atoms with Crippen molar-refractivity contribution in [1.82, 2.24) is 15.5 Å². The summed E-state index contributed by atoms with van der Waals surface area (Å²) in [4.78, 5) is 15.3. The van der Waals surface area contributed by atoms with Gasteiger partial charge in [-0.15, -0.1) is 24.8 Å². The number of morpholine rings is 1. The van der Waals surface area contributed by atoms with Gasteiger partial charge in [-0.3, -0.25) is 9.69 Å². The van der Waals surface area contributed by atoms with Gasteiger partial charge in [0.1, 0.15) is 0 Å². The molecular formula is C22H35Cl2N3O2. The van der Waals surface area contributed by atoms with Gasteiger partial charge in [-0.25, -0.2) is 0 Å². The molecule has 4 unspecified atom stereocenters. The summed E-state index contributed by atoms with van der Waals surface area (Å²) in [6.07, 6.45) is 6.14. The van der Waals surface area contributed by atoms with Gasteiger partial charge in [0.15, 0.2) is 0 Å². The number of halogens is 2. The first kappa shape index (κ1) is 24.4. The van der Waals surface area contributed by atoms with Crippen LogP contribution in [0.4, 0.5) is 0 Å². The van der Waals surface area contributed by atoms with Crippen LogP contribution in [0.3, 0.4) is 0 Å². The normalized spacial score (nSPS) is 27.8. The van der Waals surface area contributed by atoms with Crippen molar-refractivity contribution in [2.75, 3.05) is 32.8 Å². The summed E-state index contributed by atoms with van der Waals surface area (Å²) in [7, 11) is 0. The van der Waals surface area contributed by atoms with Crippen molar-refractivity contribution in [3.05, 3.63) is 35.4 Å². The van der Waals surface area contributed by atoms with Crippen molar-refractivity contribution in [1.29, 1.82) is 0 Å². The average molecular weight is 444 g/mol. The van der Waals surface area contributed by atoms with E-state index in [4.69, 9.17) is 4.74 Å². The number of nitrogens with one attached hydrogen (secondary N) is 2. The molecule has 5 nitrogen and oxygen atoms in total. The zero-order valence-corrected chi connectivity index (χ0v) is 18.9. The number of fused-ring (bicyclic) bond motifs is 1. The minimum atomic E-state index is -0.0130. The van der Waals surface area contributed by atoms with Crippen LogP contribution in [0.1, 0.15) is 49.3 Å². The van der Waals surface area contributed by atoms with Crippen molar-refractivity contribution in [3.63, 3.8) is 0 Å². The van der Waals surface area contributed by atoms with Gasteiger partial charge in [0, 0.05) is 25.7 Å². The minimum absolute atomic E-state index is 0. The van der Waals surface area contributed by atoms with E-state index in [-0.39, 0.29) is 42.8 Å². The fourth-order valence-electron chi connectivity index (χ4n) is 5.07. The van der Waals surface area contributed by atoms with E-state index in [2.05, 4.69) is 46.7 Å². The van der Waals surface area contributed by atoms with Gasteiger partial charge < -0.3 is 15.4 Å². The summed E-state index contributed by atoms with van der Waals surface area (Å²) in [5.41, 5.74) is 2.55. The molecule has 2 aliphatic heterocycles. The first-order chi connectivity index (χ1) is 13.2. The highest BCUT2D eigenvalue weighted by atomic mass is 35.5. The molecule has 29 heavy (non-hydrogen) atoms. The molecule has 0 aromatic heterocycles. The van der Waals surface area contributed by atoms with Crippen molar-refractivity contribution >= 4 is 30.7 Å². The molecular weight excluding hydrogens is 409 g/mol. The van der Waals surface area contributed by atoms with E-state index in [1.165, 1.54) is 36.8 Å². The summed E-state index contributed by atoms with van der Waals surface area (Å²) in [5.74, 6) is 0.872. The Labute approximate surface area is 187 Å². The number of rotatable bonds is 5. The molecule has 0 radical (unpaired) electrons. The molecule has 2 saturated heterocycles. The highest BCUT2D eigenvalue weighted by Gasteiger charge is 2.38. The van der Waals surface area contributed by atoms with Crippen LogP contribution in [0, 0.1) is 12.8 Å². The number of hydrogen-bond acceptors (Lipinski definition) is 4. The molecule has 1 aliphatic carbocycles. The summed E-state index contributed by atoms with van der Waals surface area (Å²) in [5, 5.41) is 6.86. The van der Waals surface area contributed by atoms with Crippen molar-refractivity contribution in [2.24, 2.45) is 5.92 Å². The van der Waals surface area contributed by atoms with E-state index in [0.717, 1.165) is 32.7 Å². The van der Waals surface area contributed by atoms with Crippen LogP contribution >= 0.6 is 24.8 Å². The van der Waals surface area contributed by atoms with Crippen LogP contribution in [0.15, 0.2) is 24.3 Å². The first-order valence-corrected chi connectivity index (χ1v) is 10.6. The number of benzene rings is 1. The number of aryl methyl sites for hydroxylation is 1. The number of carbonyl (C=O) groups excluding carboxylic acids is 1. The van der Waals surface area contributed by atoms with E-state index < -0.39 is 0 Å². The third-order valence-electron chi connectivity index (χ3n) is 6.56. The molecule has 2 heterocycles. The lowest BCUT2D eigenvalue weighted by molar-refractivity contribution is -0.123. The molecule has 1 amide bonds. The van der Waals surface area contributed by atoms with Gasteiger partial charge in [-0.2, -0.15) is 0 Å². The first-order valence-electron chi connectivity index (χ1n) is 10.6. The van der Waals surface area contributed by atoms with Gasteiger partial charge in [0.05, 0.1) is 25.3 Å². The highest BCUT2D eigenvalue weighted by molar-refractivity contribution is 5.85. The topological polar surface area (TPSA) is 53.6 Å². The molecule has 7 heteroatoms. The maximum atomic E-state index is 12.9. The Balaban J connectivity index is 0.00000150. The average Bonchev–Trinajstić information content (AvgIpc) is 3.13. The Kier molecular flexibility index (Phi) is 9.70. The monoisotopic (exact) mass is 443 g/mol. The van der Waals surface area contributed by atoms with Crippen LogP contribution < -0.4 is 10.6 Å². The maximum absolute atomic E-state index is 12.9. The Morgan fingerprint density at radius 2 is 2.00 bits per heavy atom. The molecule has 4 rings (SSSR count). The van der Waals surface area contributed by atoms with E-state index in [0.29, 0.717) is 18.5 Å². The predicted octanol–water partition coefficient (Wildman–Crippen LogP) is 3.25. The van der Waals surface area contributed by atoms with Crippen LogP contribution in [-0.2, 0) is 9.53 Å². The number of carbonyl (C=O) groups is 1. The lowest BCUT2D eigenvalue weighted by Gasteiger charge is -2.35. The Morgan fingerprint density at radius 3 is 2.72 bits per heavy atom. The van der Waals surface area contributed by atoms with Crippen LogP contribution in [-0.4, -0.2) is 55.7 Å². The zero-order chi connectivity index (χ0) is 18.6. The van der Waals surface area contributed by atoms with Crippen LogP contribution in [0.2, 0.25) is 0 Å². The fraction of sp³-hybridized carbons (Fsp3) is 0.682. The van der Waals surface area contributed by atoms with Crippen molar-refractivity contribution in [3.8, 4) is 0 Å². The largest absolute Gasteiger partial charge is 0.379 e. The SMILES string of the molecule is Cc1cccc(C(CNC(=O)C2CC3CCCCC3N2)N2CCOCC2)c1.Cl.Cl. The lowest BCUT2D eigenvalue weighted by atomic mass is 9.85. The smallest absolute Gasteiger partial charge is 0.237 e. The Bertz CT molecular complexity index is 641. The third kappa shape index (κ3) is 6.08. The molecule has 0 bridgehead atoms. The number of hydrogen-bond donors (Lipinski definition) is 2. The van der Waals surface area contributed by atoms with Crippen molar-refractivity contribution < 1.29 is 9.53 Å². The van der Waals surface area contributed by atoms with Gasteiger partial charge in [0.2, 0.25) is 5.91 Å². The molecule has 1 aromatic carbocycles. The zero-order valence-electron chi connectivity index (χ0n) is 17.3. The molecule has 4 atom stereocenters. The van der Waals surface area contributed by atoms with Gasteiger partial charge in [-0.05, 0) is 37.7 Å². The number of nitrogens with zero attached hydrogens (tertiary/aromatic N) is 1. The second-order valence-corrected chi connectivity index (χ2v) is 8.43. The van der Waals surface area contributed by atoms with E-state index in [1.54, 1.807) is 0 Å². The summed E-state index contributed by atoms with van der Waals surface area (Å²) in [6, 6.07) is 9.42. The quantitative estimate of drug-likeness (QED) is 0.732. The number of ether oxygens (including phenoxy) is 1. The van der Waals surface area contributed by atoms with Crippen molar-refractivity contribution in [2.45, 2.75) is 57.2 Å². The van der Waals surface area contributed by atoms with Gasteiger partial charge >= 0.3 is 0 Å². The second kappa shape index (κ2) is 11.5. The fourth-order valence-corrected chi connectivity index (χ4v) is 5.07. The van der Waals surface area contributed by atoms with Crippen LogP contribution in [0.5, 0.6) is 0 Å². The molecule has 2 N–H and O–H groups in total. The summed E-state index contributed by atoms with van der Waals surface area (Å²) in [6.45, 7) is 6.16. The third-order valence-corrected chi connectivity index (χ3v) is 6.56. The van der Waals surface area contributed by atoms with Gasteiger partial charge in [0.25, 0.3) is 0 Å². The van der Waals surface area contributed by atoms with Gasteiger partial charge in [-0.1, -0.05) is 42.7 Å². The number of amides is 1. The molecule has 3 fully saturated rings. The molecule has 1 saturated carbocycles. The van der Waals surface area contributed by atoms with Crippen LogP contribution in [0.25, 0.3) is 0 Å². The molecule has 1 aromatic rings. The lowest BCUT2D eigenvalue weighted by Crippen LogP contribution is -2.47. The van der Waals surface area contributed by atoms with E-state index in [1.807, 2.05) is 0 Å².